The summed E-state index contributed by atoms with van der Waals surface area (Å²) >= 11 is 0. The van der Waals surface area contributed by atoms with Crippen LogP contribution in [0.5, 0.6) is 0 Å². The first kappa shape index (κ1) is 29.8. The molecule has 0 bridgehead atoms. The van der Waals surface area contributed by atoms with Gasteiger partial charge in [0.05, 0.1) is 29.8 Å². The minimum absolute atomic E-state index is 0.0614. The summed E-state index contributed by atoms with van der Waals surface area (Å²) < 4.78 is 32.4. The summed E-state index contributed by atoms with van der Waals surface area (Å²) in [5.74, 6) is 0.316. The molecule has 0 unspecified atom stereocenters. The molecule has 1 aromatic carbocycles. The molecule has 11 nitrogen and oxygen atoms in total. The van der Waals surface area contributed by atoms with E-state index in [0.717, 1.165) is 25.7 Å². The van der Waals surface area contributed by atoms with Crippen molar-refractivity contribution in [3.05, 3.63) is 35.7 Å². The van der Waals surface area contributed by atoms with Crippen molar-refractivity contribution in [2.24, 2.45) is 9.98 Å². The van der Waals surface area contributed by atoms with Gasteiger partial charge in [0.25, 0.3) is 5.91 Å². The van der Waals surface area contributed by atoms with E-state index in [2.05, 4.69) is 39.6 Å². The Morgan fingerprint density at radius 2 is 1.82 bits per heavy atom. The van der Waals surface area contributed by atoms with Gasteiger partial charge in [0.2, 0.25) is 16.0 Å². The van der Waals surface area contributed by atoms with Crippen molar-refractivity contribution < 1.29 is 23.1 Å². The van der Waals surface area contributed by atoms with E-state index in [1.165, 1.54) is 16.4 Å². The monoisotopic (exact) mass is 548 g/mol. The number of amides is 1. The van der Waals surface area contributed by atoms with Crippen LogP contribution in [-0.4, -0.2) is 81.4 Å². The van der Waals surface area contributed by atoms with Crippen LogP contribution in [0.25, 0.3) is 0 Å². The van der Waals surface area contributed by atoms with Crippen molar-refractivity contribution >= 4 is 34.3 Å². The van der Waals surface area contributed by atoms with Crippen molar-refractivity contribution in [3.8, 4) is 0 Å². The van der Waals surface area contributed by atoms with Crippen molar-refractivity contribution in [2.75, 3.05) is 38.2 Å². The first-order chi connectivity index (χ1) is 18.2. The van der Waals surface area contributed by atoms with Crippen LogP contribution in [0.2, 0.25) is 0 Å². The molecule has 1 aromatic rings. The van der Waals surface area contributed by atoms with Gasteiger partial charge in [-0.2, -0.15) is 9.30 Å². The van der Waals surface area contributed by atoms with Crippen LogP contribution in [0, 0.1) is 0 Å². The number of hydrogen-bond acceptors (Lipinski definition) is 7. The number of sulfonamides is 1. The fourth-order valence-electron chi connectivity index (χ4n) is 4.23. The Morgan fingerprint density at radius 3 is 2.42 bits per heavy atom. The zero-order chi connectivity index (χ0) is 27.5. The van der Waals surface area contributed by atoms with Crippen LogP contribution in [0.1, 0.15) is 52.4 Å². The molecule has 4 N–H and O–H groups in total. The molecule has 38 heavy (non-hydrogen) atoms. The molecule has 0 spiro atoms. The highest BCUT2D eigenvalue weighted by atomic mass is 32.2. The number of carbonyl (C=O) groups excluding carboxylic acids is 1. The van der Waals surface area contributed by atoms with E-state index in [-0.39, 0.29) is 22.9 Å². The van der Waals surface area contributed by atoms with Gasteiger partial charge in [-0.25, -0.2) is 13.4 Å². The number of rotatable bonds is 10. The number of ether oxygens (including phenoxy) is 1. The number of nitrogens with one attached hydrogen (secondary N) is 3. The largest absolute Gasteiger partial charge is 0.393 e. The molecule has 1 aliphatic carbocycles. The SMILES string of the molecule is C=N/C(=N\C(N[C@H]1CC[C@H](O)CC1)=C(/C)C(=O)Nc1ccc(S(=O)(=O)N2CCOCC2)cc1)NCCCC. The molecule has 2 aliphatic rings. The third-order valence-electron chi connectivity index (χ3n) is 6.63. The van der Waals surface area contributed by atoms with Crippen molar-refractivity contribution in [2.45, 2.75) is 69.4 Å². The van der Waals surface area contributed by atoms with Gasteiger partial charge in [-0.05, 0) is 70.0 Å². The molecule has 1 saturated carbocycles. The van der Waals surface area contributed by atoms with E-state index in [0.29, 0.717) is 68.7 Å². The molecule has 1 aliphatic heterocycles. The van der Waals surface area contributed by atoms with Gasteiger partial charge < -0.3 is 25.8 Å². The van der Waals surface area contributed by atoms with E-state index in [4.69, 9.17) is 4.74 Å². The first-order valence-corrected chi connectivity index (χ1v) is 14.6. The van der Waals surface area contributed by atoms with Gasteiger partial charge in [-0.1, -0.05) is 13.3 Å². The Balaban J connectivity index is 1.77. The van der Waals surface area contributed by atoms with Gasteiger partial charge >= 0.3 is 0 Å². The topological polar surface area (TPSA) is 145 Å². The number of hydrogen-bond donors (Lipinski definition) is 4. The number of aliphatic hydroxyl groups is 1. The highest BCUT2D eigenvalue weighted by Crippen LogP contribution is 2.22. The molecule has 1 heterocycles. The maximum atomic E-state index is 13.2. The minimum Gasteiger partial charge on any atom is -0.393 e. The van der Waals surface area contributed by atoms with Crippen LogP contribution in [0.15, 0.2) is 50.5 Å². The van der Waals surface area contributed by atoms with Crippen LogP contribution < -0.4 is 16.0 Å². The molecule has 12 heteroatoms. The summed E-state index contributed by atoms with van der Waals surface area (Å²) in [4.78, 5) is 21.9. The van der Waals surface area contributed by atoms with Crippen LogP contribution >= 0.6 is 0 Å². The highest BCUT2D eigenvalue weighted by Gasteiger charge is 2.26. The fourth-order valence-corrected chi connectivity index (χ4v) is 5.64. The fraction of sp³-hybridized carbons (Fsp3) is 0.577. The molecule has 210 valence electrons. The van der Waals surface area contributed by atoms with Crippen molar-refractivity contribution in [3.63, 3.8) is 0 Å². The number of aliphatic imine (C=N–C) groups is 2. The van der Waals surface area contributed by atoms with Gasteiger partial charge in [0, 0.05) is 31.4 Å². The Morgan fingerprint density at radius 1 is 1.16 bits per heavy atom. The van der Waals surface area contributed by atoms with Crippen LogP contribution in [0.4, 0.5) is 5.69 Å². The lowest BCUT2D eigenvalue weighted by Gasteiger charge is -2.27. The molecule has 1 saturated heterocycles. The molecular formula is C26H40N6O5S. The third-order valence-corrected chi connectivity index (χ3v) is 8.55. The van der Waals surface area contributed by atoms with Crippen LogP contribution in [-0.2, 0) is 19.6 Å². The minimum atomic E-state index is -3.62. The lowest BCUT2D eigenvalue weighted by Crippen LogP contribution is -2.40. The number of anilines is 1. The van der Waals surface area contributed by atoms with E-state index in [1.807, 2.05) is 0 Å². The Labute approximate surface area is 225 Å². The Hall–Kier alpha value is -2.80. The standard InChI is InChI=1S/C26H40N6O5S/c1-4-5-14-28-26(27-3)31-24(29-20-6-10-22(33)11-7-20)19(2)25(34)30-21-8-12-23(13-9-21)38(35,36)32-15-17-37-18-16-32/h8-9,12-13,20,22,29,33H,3-7,10-11,14-18H2,1-2H3,(H,28,31)(H,30,34)/b24-19+/t20-,22-. The lowest BCUT2D eigenvalue weighted by molar-refractivity contribution is -0.112. The predicted molar refractivity (Wildman–Crippen MR) is 149 cm³/mol. The van der Waals surface area contributed by atoms with E-state index in [9.17, 15) is 18.3 Å². The smallest absolute Gasteiger partial charge is 0.255 e. The molecule has 0 radical (unpaired) electrons. The molecule has 0 aromatic heterocycles. The number of nitrogens with zero attached hydrogens (tertiary/aromatic N) is 3. The summed E-state index contributed by atoms with van der Waals surface area (Å²) in [6.07, 6.45) is 4.53. The molecular weight excluding hydrogens is 508 g/mol. The number of unbranched alkanes of at least 4 members (excludes halogenated alkanes) is 1. The number of morpholine rings is 1. The predicted octanol–water partition coefficient (Wildman–Crippen LogP) is 2.22. The average Bonchev–Trinajstić information content (AvgIpc) is 2.93. The highest BCUT2D eigenvalue weighted by molar-refractivity contribution is 7.89. The average molecular weight is 549 g/mol. The molecule has 0 atom stereocenters. The van der Waals surface area contributed by atoms with Crippen molar-refractivity contribution in [1.82, 2.24) is 14.9 Å². The third kappa shape index (κ3) is 8.35. The number of carbonyl (C=O) groups is 1. The summed E-state index contributed by atoms with van der Waals surface area (Å²) in [5, 5.41) is 19.2. The zero-order valence-electron chi connectivity index (χ0n) is 22.3. The molecule has 3 rings (SSSR count). The number of benzene rings is 1. The number of aliphatic hydroxyl groups excluding tert-OH is 1. The zero-order valence-corrected chi connectivity index (χ0v) is 23.1. The van der Waals surface area contributed by atoms with E-state index >= 15 is 0 Å². The number of guanidine groups is 1. The quantitative estimate of drug-likeness (QED) is 0.152. The maximum absolute atomic E-state index is 13.2. The van der Waals surface area contributed by atoms with Gasteiger partial charge in [-0.15, -0.1) is 0 Å². The Kier molecular flexibility index (Phi) is 11.3. The van der Waals surface area contributed by atoms with Gasteiger partial charge in [0.15, 0.2) is 0 Å². The first-order valence-electron chi connectivity index (χ1n) is 13.2. The van der Waals surface area contributed by atoms with Crippen LogP contribution in [0.3, 0.4) is 0 Å². The normalized spacial score (nSPS) is 21.8. The second-order valence-corrected chi connectivity index (χ2v) is 11.4. The Bertz CT molecular complexity index is 1110. The van der Waals surface area contributed by atoms with E-state index < -0.39 is 10.0 Å². The second-order valence-electron chi connectivity index (χ2n) is 9.49. The van der Waals surface area contributed by atoms with Crippen molar-refractivity contribution in [1.29, 1.82) is 0 Å². The summed E-state index contributed by atoms with van der Waals surface area (Å²) in [7, 11) is -3.62. The summed E-state index contributed by atoms with van der Waals surface area (Å²) in [6.45, 7) is 9.41. The maximum Gasteiger partial charge on any atom is 0.255 e. The molecule has 1 amide bonds. The van der Waals surface area contributed by atoms with E-state index in [1.54, 1.807) is 19.1 Å². The summed E-state index contributed by atoms with van der Waals surface area (Å²) in [6, 6.07) is 6.18. The summed E-state index contributed by atoms with van der Waals surface area (Å²) in [5.41, 5.74) is 0.808. The van der Waals surface area contributed by atoms with Gasteiger partial charge in [-0.3, -0.25) is 4.79 Å². The second kappa shape index (κ2) is 14.4. The molecule has 2 fully saturated rings. The van der Waals surface area contributed by atoms with Gasteiger partial charge in [0.1, 0.15) is 5.82 Å². The lowest BCUT2D eigenvalue weighted by atomic mass is 9.93.